The predicted octanol–water partition coefficient (Wildman–Crippen LogP) is 1.86. The summed E-state index contributed by atoms with van der Waals surface area (Å²) >= 11 is 0. The van der Waals surface area contributed by atoms with E-state index in [1.807, 2.05) is 13.8 Å². The second-order valence-corrected chi connectivity index (χ2v) is 4.55. The minimum Gasteiger partial charge on any atom is -0.464 e. The summed E-state index contributed by atoms with van der Waals surface area (Å²) in [4.78, 5) is 45.6. The minimum atomic E-state index is -0.879. The SMILES string of the molecule is CCCC(=O)C(COC(=O)CC(C)=O)C(=O)CCC. The van der Waals surface area contributed by atoms with Gasteiger partial charge < -0.3 is 4.74 Å². The van der Waals surface area contributed by atoms with Crippen molar-refractivity contribution < 1.29 is 23.9 Å². The maximum atomic E-state index is 11.8. The van der Waals surface area contributed by atoms with Gasteiger partial charge in [-0.25, -0.2) is 0 Å². The van der Waals surface area contributed by atoms with Gasteiger partial charge in [0, 0.05) is 12.8 Å². The van der Waals surface area contributed by atoms with Crippen LogP contribution in [0.15, 0.2) is 0 Å². The Morgan fingerprint density at radius 3 is 1.79 bits per heavy atom. The quantitative estimate of drug-likeness (QED) is 0.447. The van der Waals surface area contributed by atoms with Gasteiger partial charge in [0.2, 0.25) is 0 Å². The number of ether oxygens (including phenoxy) is 1. The Kier molecular flexibility index (Phi) is 8.66. The van der Waals surface area contributed by atoms with Gasteiger partial charge in [0.1, 0.15) is 36.3 Å². The van der Waals surface area contributed by atoms with Gasteiger partial charge in [-0.15, -0.1) is 0 Å². The summed E-state index contributed by atoms with van der Waals surface area (Å²) < 4.78 is 4.85. The van der Waals surface area contributed by atoms with Crippen LogP contribution in [-0.2, 0) is 23.9 Å². The van der Waals surface area contributed by atoms with Crippen molar-refractivity contribution in [1.82, 2.24) is 0 Å². The second-order valence-electron chi connectivity index (χ2n) is 4.55. The molecule has 0 aromatic rings. The first-order chi connectivity index (χ1) is 8.92. The molecule has 108 valence electrons. The van der Waals surface area contributed by atoms with Gasteiger partial charge in [0.25, 0.3) is 0 Å². The van der Waals surface area contributed by atoms with Gasteiger partial charge >= 0.3 is 5.97 Å². The van der Waals surface area contributed by atoms with Crippen molar-refractivity contribution in [3.05, 3.63) is 0 Å². The van der Waals surface area contributed by atoms with Crippen LogP contribution >= 0.6 is 0 Å². The van der Waals surface area contributed by atoms with Crippen molar-refractivity contribution in [1.29, 1.82) is 0 Å². The number of hydrogen-bond donors (Lipinski definition) is 0. The third-order valence-electron chi connectivity index (χ3n) is 2.57. The fourth-order valence-electron chi connectivity index (χ4n) is 1.64. The van der Waals surface area contributed by atoms with Gasteiger partial charge in [0.15, 0.2) is 0 Å². The highest BCUT2D eigenvalue weighted by atomic mass is 16.5. The van der Waals surface area contributed by atoms with E-state index in [2.05, 4.69) is 0 Å². The normalized spacial score (nSPS) is 10.3. The van der Waals surface area contributed by atoms with E-state index in [4.69, 9.17) is 4.74 Å². The molecule has 0 heterocycles. The van der Waals surface area contributed by atoms with Crippen molar-refractivity contribution in [3.8, 4) is 0 Å². The largest absolute Gasteiger partial charge is 0.464 e. The molecule has 0 aliphatic rings. The Morgan fingerprint density at radius 2 is 1.42 bits per heavy atom. The van der Waals surface area contributed by atoms with Gasteiger partial charge in [-0.05, 0) is 19.8 Å². The van der Waals surface area contributed by atoms with Gasteiger partial charge in [0.05, 0.1) is 0 Å². The van der Waals surface area contributed by atoms with E-state index in [0.29, 0.717) is 25.7 Å². The molecule has 5 nitrogen and oxygen atoms in total. The number of carbonyl (C=O) groups excluding carboxylic acids is 4. The summed E-state index contributed by atoms with van der Waals surface area (Å²) in [5.74, 6) is -2.27. The lowest BCUT2D eigenvalue weighted by Gasteiger charge is -2.14. The fourth-order valence-corrected chi connectivity index (χ4v) is 1.64. The van der Waals surface area contributed by atoms with Crippen LogP contribution in [0, 0.1) is 5.92 Å². The molecule has 0 aromatic carbocycles. The molecule has 0 saturated heterocycles. The van der Waals surface area contributed by atoms with E-state index < -0.39 is 11.9 Å². The van der Waals surface area contributed by atoms with E-state index in [9.17, 15) is 19.2 Å². The molecule has 0 amide bonds. The van der Waals surface area contributed by atoms with Crippen LogP contribution in [-0.4, -0.2) is 29.9 Å². The first kappa shape index (κ1) is 17.5. The zero-order valence-corrected chi connectivity index (χ0v) is 11.9. The summed E-state index contributed by atoms with van der Waals surface area (Å²) in [6.07, 6.45) is 1.57. The number of hydrogen-bond acceptors (Lipinski definition) is 5. The van der Waals surface area contributed by atoms with Crippen molar-refractivity contribution in [2.75, 3.05) is 6.61 Å². The third-order valence-corrected chi connectivity index (χ3v) is 2.57. The summed E-state index contributed by atoms with van der Waals surface area (Å²) in [6.45, 7) is 4.73. The highest BCUT2D eigenvalue weighted by molar-refractivity contribution is 6.02. The van der Waals surface area contributed by atoms with E-state index in [1.54, 1.807) is 0 Å². The molecule has 0 aromatic heterocycles. The third kappa shape index (κ3) is 7.49. The Balaban J connectivity index is 4.50. The minimum absolute atomic E-state index is 0.198. The Labute approximate surface area is 113 Å². The molecule has 0 saturated carbocycles. The van der Waals surface area contributed by atoms with Crippen LogP contribution in [0.2, 0.25) is 0 Å². The summed E-state index contributed by atoms with van der Waals surface area (Å²) in [7, 11) is 0. The highest BCUT2D eigenvalue weighted by Gasteiger charge is 2.26. The molecule has 5 heteroatoms. The Morgan fingerprint density at radius 1 is 0.947 bits per heavy atom. The lowest BCUT2D eigenvalue weighted by Crippen LogP contribution is -2.30. The molecule has 0 atom stereocenters. The highest BCUT2D eigenvalue weighted by Crippen LogP contribution is 2.11. The Bertz CT molecular complexity index is 328. The molecule has 0 bridgehead atoms. The number of ketones is 3. The average molecular weight is 270 g/mol. The van der Waals surface area contributed by atoms with Crippen LogP contribution in [0.1, 0.15) is 52.9 Å². The molecule has 0 unspecified atom stereocenters. The Hall–Kier alpha value is -1.52. The standard InChI is InChI=1S/C14H22O5/c1-4-6-12(16)11(13(17)7-5-2)9-19-14(18)8-10(3)15/h11H,4-9H2,1-3H3. The number of Topliss-reactive ketones (excluding diaryl/α,β-unsaturated/α-hetero) is 3. The lowest BCUT2D eigenvalue weighted by molar-refractivity contribution is -0.149. The van der Waals surface area contributed by atoms with Crippen molar-refractivity contribution in [2.45, 2.75) is 52.9 Å². The monoisotopic (exact) mass is 270 g/mol. The molecule has 0 fully saturated rings. The molecule has 0 rings (SSSR count). The molecule has 0 radical (unpaired) electrons. The fraction of sp³-hybridized carbons (Fsp3) is 0.714. The summed E-state index contributed by atoms with van der Waals surface area (Å²) in [5, 5.41) is 0. The van der Waals surface area contributed by atoms with Gasteiger partial charge in [-0.3, -0.25) is 19.2 Å². The number of carbonyl (C=O) groups is 4. The predicted molar refractivity (Wildman–Crippen MR) is 69.6 cm³/mol. The number of rotatable bonds is 10. The maximum Gasteiger partial charge on any atom is 0.313 e. The van der Waals surface area contributed by atoms with Crippen LogP contribution < -0.4 is 0 Å². The molecular formula is C14H22O5. The summed E-state index contributed by atoms with van der Waals surface area (Å²) in [5.41, 5.74) is 0. The van der Waals surface area contributed by atoms with Gasteiger partial charge in [-0.1, -0.05) is 13.8 Å². The molecule has 0 N–H and O–H groups in total. The van der Waals surface area contributed by atoms with E-state index in [1.165, 1.54) is 6.92 Å². The molecule has 19 heavy (non-hydrogen) atoms. The molecular weight excluding hydrogens is 248 g/mol. The molecule has 0 spiro atoms. The number of esters is 1. The molecule has 0 aliphatic heterocycles. The lowest BCUT2D eigenvalue weighted by atomic mass is 9.94. The van der Waals surface area contributed by atoms with E-state index >= 15 is 0 Å². The zero-order chi connectivity index (χ0) is 14.8. The van der Waals surface area contributed by atoms with Crippen LogP contribution in [0.25, 0.3) is 0 Å². The van der Waals surface area contributed by atoms with Crippen molar-refractivity contribution in [2.24, 2.45) is 5.92 Å². The van der Waals surface area contributed by atoms with Crippen molar-refractivity contribution >= 4 is 23.3 Å². The second kappa shape index (κ2) is 9.42. The van der Waals surface area contributed by atoms with Crippen LogP contribution in [0.3, 0.4) is 0 Å². The molecule has 0 aliphatic carbocycles. The van der Waals surface area contributed by atoms with Crippen molar-refractivity contribution in [3.63, 3.8) is 0 Å². The first-order valence-electron chi connectivity index (χ1n) is 6.62. The van der Waals surface area contributed by atoms with Gasteiger partial charge in [-0.2, -0.15) is 0 Å². The van der Waals surface area contributed by atoms with E-state index in [0.717, 1.165) is 0 Å². The topological polar surface area (TPSA) is 77.5 Å². The zero-order valence-electron chi connectivity index (χ0n) is 11.9. The van der Waals surface area contributed by atoms with Crippen LogP contribution in [0.5, 0.6) is 0 Å². The maximum absolute atomic E-state index is 11.8. The van der Waals surface area contributed by atoms with E-state index in [-0.39, 0.29) is 30.4 Å². The average Bonchev–Trinajstić information content (AvgIpc) is 2.28. The first-order valence-corrected chi connectivity index (χ1v) is 6.62. The summed E-state index contributed by atoms with van der Waals surface area (Å²) in [6, 6.07) is 0. The van der Waals surface area contributed by atoms with Crippen LogP contribution in [0.4, 0.5) is 0 Å². The smallest absolute Gasteiger partial charge is 0.313 e.